The van der Waals surface area contributed by atoms with Crippen LogP contribution in [0.1, 0.15) is 61.4 Å². The first-order chi connectivity index (χ1) is 10.8. The van der Waals surface area contributed by atoms with E-state index in [0.717, 1.165) is 36.2 Å². The highest BCUT2D eigenvalue weighted by Gasteiger charge is 2.28. The molecule has 4 heteroatoms. The van der Waals surface area contributed by atoms with E-state index in [4.69, 9.17) is 0 Å². The minimum absolute atomic E-state index is 0.101. The van der Waals surface area contributed by atoms with Crippen molar-refractivity contribution in [3.05, 3.63) is 46.8 Å². The van der Waals surface area contributed by atoms with Gasteiger partial charge in [-0.25, -0.2) is 9.48 Å². The molecule has 0 bridgehead atoms. The number of rotatable bonds is 2. The summed E-state index contributed by atoms with van der Waals surface area (Å²) in [4.78, 5) is 11.5. The summed E-state index contributed by atoms with van der Waals surface area (Å²) >= 11 is 0. The van der Waals surface area contributed by atoms with Gasteiger partial charge in [-0.2, -0.15) is 5.10 Å². The fourth-order valence-corrected chi connectivity index (χ4v) is 3.28. The topological polar surface area (TPSA) is 55.1 Å². The number of carboxylic acid groups (broad SMARTS) is 1. The lowest BCUT2D eigenvalue weighted by Gasteiger charge is -2.21. The standard InChI is InChI=1S/C19H24N2O2/c1-12-5-10-16-15(11-12)17(18(22)23)20-21(16)14-8-6-13(7-9-14)19(2,3)4/h6-9,12H,5,10-11H2,1-4H3,(H,22,23). The fourth-order valence-electron chi connectivity index (χ4n) is 3.28. The third-order valence-corrected chi connectivity index (χ3v) is 4.70. The molecule has 1 aliphatic carbocycles. The van der Waals surface area contributed by atoms with Crippen LogP contribution in [-0.4, -0.2) is 20.9 Å². The van der Waals surface area contributed by atoms with E-state index in [1.54, 1.807) is 0 Å². The van der Waals surface area contributed by atoms with E-state index in [-0.39, 0.29) is 11.1 Å². The summed E-state index contributed by atoms with van der Waals surface area (Å²) in [6, 6.07) is 8.29. The molecule has 0 saturated heterocycles. The van der Waals surface area contributed by atoms with Crippen molar-refractivity contribution in [1.82, 2.24) is 9.78 Å². The maximum atomic E-state index is 11.5. The molecule has 1 atom stereocenters. The van der Waals surface area contributed by atoms with Gasteiger partial charge in [-0.3, -0.25) is 0 Å². The summed E-state index contributed by atoms with van der Waals surface area (Å²) in [6.45, 7) is 8.72. The first-order valence-electron chi connectivity index (χ1n) is 8.22. The lowest BCUT2D eigenvalue weighted by atomic mass is 9.86. The first kappa shape index (κ1) is 15.8. The van der Waals surface area contributed by atoms with Crippen molar-refractivity contribution in [2.75, 3.05) is 0 Å². The number of aromatic nitrogens is 2. The Balaban J connectivity index is 2.07. The number of fused-ring (bicyclic) bond motifs is 1. The zero-order valence-electron chi connectivity index (χ0n) is 14.3. The summed E-state index contributed by atoms with van der Waals surface area (Å²) in [5.41, 5.74) is 4.49. The summed E-state index contributed by atoms with van der Waals surface area (Å²) in [5, 5.41) is 13.9. The van der Waals surface area contributed by atoms with Crippen LogP contribution in [0.3, 0.4) is 0 Å². The van der Waals surface area contributed by atoms with Gasteiger partial charge in [0.15, 0.2) is 5.69 Å². The second kappa shape index (κ2) is 5.52. The summed E-state index contributed by atoms with van der Waals surface area (Å²) < 4.78 is 1.83. The highest BCUT2D eigenvalue weighted by atomic mass is 16.4. The molecule has 1 aromatic heterocycles. The maximum absolute atomic E-state index is 11.5. The molecule has 0 amide bonds. The van der Waals surface area contributed by atoms with Crippen molar-refractivity contribution >= 4 is 5.97 Å². The van der Waals surface area contributed by atoms with E-state index in [1.807, 2.05) is 16.8 Å². The number of carboxylic acids is 1. The molecule has 0 aliphatic heterocycles. The van der Waals surface area contributed by atoms with Gasteiger partial charge in [-0.15, -0.1) is 0 Å². The molecule has 3 rings (SSSR count). The predicted octanol–water partition coefficient (Wildman–Crippen LogP) is 3.99. The van der Waals surface area contributed by atoms with E-state index in [0.29, 0.717) is 5.92 Å². The number of nitrogens with zero attached hydrogens (tertiary/aromatic N) is 2. The number of hydrogen-bond acceptors (Lipinski definition) is 2. The van der Waals surface area contributed by atoms with Gasteiger partial charge in [0.25, 0.3) is 0 Å². The SMILES string of the molecule is CC1CCc2c(c(C(=O)O)nn2-c2ccc(C(C)(C)C)cc2)C1. The van der Waals surface area contributed by atoms with Crippen molar-refractivity contribution in [3.8, 4) is 5.69 Å². The van der Waals surface area contributed by atoms with E-state index < -0.39 is 5.97 Å². The average molecular weight is 312 g/mol. The van der Waals surface area contributed by atoms with Crippen LogP contribution >= 0.6 is 0 Å². The molecular weight excluding hydrogens is 288 g/mol. The van der Waals surface area contributed by atoms with Gasteiger partial charge in [-0.05, 0) is 48.3 Å². The van der Waals surface area contributed by atoms with Crippen LogP contribution in [0.4, 0.5) is 0 Å². The Morgan fingerprint density at radius 1 is 1.26 bits per heavy atom. The molecule has 4 nitrogen and oxygen atoms in total. The third-order valence-electron chi connectivity index (χ3n) is 4.70. The van der Waals surface area contributed by atoms with Crippen molar-refractivity contribution < 1.29 is 9.90 Å². The zero-order chi connectivity index (χ0) is 16.8. The number of benzene rings is 1. The molecule has 1 heterocycles. The van der Waals surface area contributed by atoms with Gasteiger partial charge in [0.1, 0.15) is 0 Å². The molecule has 0 saturated carbocycles. The van der Waals surface area contributed by atoms with Gasteiger partial charge in [0.2, 0.25) is 0 Å². The maximum Gasteiger partial charge on any atom is 0.356 e. The number of carbonyl (C=O) groups is 1. The lowest BCUT2D eigenvalue weighted by Crippen LogP contribution is -2.15. The monoisotopic (exact) mass is 312 g/mol. The largest absolute Gasteiger partial charge is 0.476 e. The normalized spacial score (nSPS) is 17.8. The van der Waals surface area contributed by atoms with Gasteiger partial charge in [0.05, 0.1) is 5.69 Å². The summed E-state index contributed by atoms with van der Waals surface area (Å²) in [7, 11) is 0. The Bertz CT molecular complexity index is 736. The summed E-state index contributed by atoms with van der Waals surface area (Å²) in [6.07, 6.45) is 2.77. The van der Waals surface area contributed by atoms with E-state index in [2.05, 4.69) is 44.9 Å². The lowest BCUT2D eigenvalue weighted by molar-refractivity contribution is 0.0688. The zero-order valence-corrected chi connectivity index (χ0v) is 14.3. The first-order valence-corrected chi connectivity index (χ1v) is 8.22. The van der Waals surface area contributed by atoms with Crippen LogP contribution in [0.15, 0.2) is 24.3 Å². The van der Waals surface area contributed by atoms with E-state index in [9.17, 15) is 9.90 Å². The highest BCUT2D eigenvalue weighted by Crippen LogP contribution is 2.30. The van der Waals surface area contributed by atoms with Crippen LogP contribution < -0.4 is 0 Å². The fraction of sp³-hybridized carbons (Fsp3) is 0.474. The Labute approximate surface area is 137 Å². The van der Waals surface area contributed by atoms with Crippen LogP contribution in [0.2, 0.25) is 0 Å². The minimum atomic E-state index is -0.930. The van der Waals surface area contributed by atoms with Gasteiger partial charge >= 0.3 is 5.97 Å². The van der Waals surface area contributed by atoms with Crippen molar-refractivity contribution in [2.45, 2.75) is 52.4 Å². The number of aromatic carboxylic acids is 1. The van der Waals surface area contributed by atoms with Crippen LogP contribution in [0, 0.1) is 5.92 Å². The molecular formula is C19H24N2O2. The van der Waals surface area contributed by atoms with E-state index in [1.165, 1.54) is 5.56 Å². The third kappa shape index (κ3) is 2.90. The van der Waals surface area contributed by atoms with E-state index >= 15 is 0 Å². The smallest absolute Gasteiger partial charge is 0.356 e. The van der Waals surface area contributed by atoms with Crippen LogP contribution in [0.5, 0.6) is 0 Å². The number of hydrogen-bond donors (Lipinski definition) is 1. The Morgan fingerprint density at radius 3 is 2.48 bits per heavy atom. The minimum Gasteiger partial charge on any atom is -0.476 e. The van der Waals surface area contributed by atoms with Gasteiger partial charge in [0, 0.05) is 11.3 Å². The molecule has 1 unspecified atom stereocenters. The molecule has 1 aromatic carbocycles. The van der Waals surface area contributed by atoms with Crippen LogP contribution in [-0.2, 0) is 18.3 Å². The molecule has 0 fully saturated rings. The molecule has 2 aromatic rings. The Hall–Kier alpha value is -2.10. The summed E-state index contributed by atoms with van der Waals surface area (Å²) in [5.74, 6) is -0.415. The Morgan fingerprint density at radius 2 is 1.91 bits per heavy atom. The molecule has 23 heavy (non-hydrogen) atoms. The molecule has 1 N–H and O–H groups in total. The second-order valence-corrected chi connectivity index (χ2v) is 7.64. The molecule has 122 valence electrons. The van der Waals surface area contributed by atoms with Crippen LogP contribution in [0.25, 0.3) is 5.69 Å². The molecule has 0 spiro atoms. The average Bonchev–Trinajstić information content (AvgIpc) is 2.85. The molecule has 0 radical (unpaired) electrons. The van der Waals surface area contributed by atoms with Gasteiger partial charge in [-0.1, -0.05) is 39.8 Å². The Kier molecular flexibility index (Phi) is 3.78. The molecule has 1 aliphatic rings. The van der Waals surface area contributed by atoms with Gasteiger partial charge < -0.3 is 5.11 Å². The van der Waals surface area contributed by atoms with Crippen molar-refractivity contribution in [2.24, 2.45) is 5.92 Å². The van der Waals surface area contributed by atoms with Crippen molar-refractivity contribution in [1.29, 1.82) is 0 Å². The quantitative estimate of drug-likeness (QED) is 0.912. The van der Waals surface area contributed by atoms with Crippen molar-refractivity contribution in [3.63, 3.8) is 0 Å². The highest BCUT2D eigenvalue weighted by molar-refractivity contribution is 5.87. The predicted molar refractivity (Wildman–Crippen MR) is 90.4 cm³/mol. The second-order valence-electron chi connectivity index (χ2n) is 7.64.